The van der Waals surface area contributed by atoms with Crippen molar-refractivity contribution in [3.8, 4) is 0 Å². The Morgan fingerprint density at radius 1 is 1.10 bits per heavy atom. The number of hydrogen-bond donors (Lipinski definition) is 1. The van der Waals surface area contributed by atoms with Crippen molar-refractivity contribution in [2.45, 2.75) is 70.9 Å². The molecule has 21 heavy (non-hydrogen) atoms. The first kappa shape index (κ1) is 15.8. The van der Waals surface area contributed by atoms with Crippen LogP contribution in [0.2, 0.25) is 0 Å². The number of rotatable bonds is 6. The number of piperazine rings is 1. The van der Waals surface area contributed by atoms with Gasteiger partial charge in [0.1, 0.15) is 0 Å². The average molecular weight is 293 g/mol. The maximum atomic E-state index is 3.85. The van der Waals surface area contributed by atoms with Crippen LogP contribution in [0.5, 0.6) is 0 Å². The Balaban J connectivity index is 1.55. The Hall–Kier alpha value is -0.120. The Morgan fingerprint density at radius 2 is 1.86 bits per heavy atom. The van der Waals surface area contributed by atoms with Gasteiger partial charge in [0, 0.05) is 44.8 Å². The predicted molar refractivity (Wildman–Crippen MR) is 89.7 cm³/mol. The van der Waals surface area contributed by atoms with Crippen LogP contribution in [-0.2, 0) is 0 Å². The molecule has 1 heterocycles. The Kier molecular flexibility index (Phi) is 5.23. The SMILES string of the molecule is CCN1CCN(CC2(CNC3CC3)CCCCC2)CC1C. The lowest BCUT2D eigenvalue weighted by Crippen LogP contribution is -2.55. The van der Waals surface area contributed by atoms with Gasteiger partial charge in [-0.25, -0.2) is 0 Å². The molecule has 1 unspecified atom stereocenters. The van der Waals surface area contributed by atoms with Crippen LogP contribution in [0.15, 0.2) is 0 Å². The third-order valence-corrected chi connectivity index (χ3v) is 6.07. The molecule has 0 aromatic rings. The van der Waals surface area contributed by atoms with Crippen LogP contribution in [0, 0.1) is 5.41 Å². The maximum absolute atomic E-state index is 3.85. The van der Waals surface area contributed by atoms with Crippen molar-refractivity contribution in [1.29, 1.82) is 0 Å². The van der Waals surface area contributed by atoms with Crippen LogP contribution in [0.3, 0.4) is 0 Å². The zero-order chi connectivity index (χ0) is 14.7. The summed E-state index contributed by atoms with van der Waals surface area (Å²) in [7, 11) is 0. The van der Waals surface area contributed by atoms with Crippen molar-refractivity contribution in [3.63, 3.8) is 0 Å². The fraction of sp³-hybridized carbons (Fsp3) is 1.00. The highest BCUT2D eigenvalue weighted by atomic mass is 15.3. The highest BCUT2D eigenvalue weighted by molar-refractivity contribution is 4.93. The summed E-state index contributed by atoms with van der Waals surface area (Å²) in [5, 5.41) is 3.85. The van der Waals surface area contributed by atoms with E-state index in [1.54, 1.807) is 0 Å². The molecule has 0 aromatic carbocycles. The van der Waals surface area contributed by atoms with Crippen LogP contribution < -0.4 is 5.32 Å². The quantitative estimate of drug-likeness (QED) is 0.812. The lowest BCUT2D eigenvalue weighted by Gasteiger charge is -2.46. The van der Waals surface area contributed by atoms with Crippen molar-refractivity contribution < 1.29 is 0 Å². The van der Waals surface area contributed by atoms with Gasteiger partial charge in [-0.05, 0) is 44.6 Å². The van der Waals surface area contributed by atoms with E-state index in [1.807, 2.05) is 0 Å². The van der Waals surface area contributed by atoms with Gasteiger partial charge in [0.05, 0.1) is 0 Å². The van der Waals surface area contributed by atoms with E-state index in [9.17, 15) is 0 Å². The molecule has 1 atom stereocenters. The second-order valence-corrected chi connectivity index (χ2v) is 7.93. The van der Waals surface area contributed by atoms with Crippen molar-refractivity contribution >= 4 is 0 Å². The second-order valence-electron chi connectivity index (χ2n) is 7.93. The normalized spacial score (nSPS) is 31.4. The number of hydrogen-bond acceptors (Lipinski definition) is 3. The van der Waals surface area contributed by atoms with Crippen LogP contribution >= 0.6 is 0 Å². The minimum absolute atomic E-state index is 0.578. The fourth-order valence-electron chi connectivity index (χ4n) is 4.50. The van der Waals surface area contributed by atoms with Gasteiger partial charge in [-0.15, -0.1) is 0 Å². The molecule has 1 saturated heterocycles. The molecule has 0 bridgehead atoms. The zero-order valence-corrected chi connectivity index (χ0v) is 14.2. The molecule has 3 aliphatic rings. The fourth-order valence-corrected chi connectivity index (χ4v) is 4.50. The first-order valence-electron chi connectivity index (χ1n) is 9.40. The van der Waals surface area contributed by atoms with Crippen LogP contribution in [0.1, 0.15) is 58.8 Å². The largest absolute Gasteiger partial charge is 0.313 e. The second kappa shape index (κ2) is 6.97. The van der Waals surface area contributed by atoms with Crippen LogP contribution in [0.25, 0.3) is 0 Å². The molecule has 3 nitrogen and oxygen atoms in total. The molecule has 1 aliphatic heterocycles. The molecule has 3 fully saturated rings. The first-order chi connectivity index (χ1) is 10.2. The Morgan fingerprint density at radius 3 is 2.48 bits per heavy atom. The topological polar surface area (TPSA) is 18.5 Å². The average Bonchev–Trinajstić information content (AvgIpc) is 3.31. The molecule has 0 spiro atoms. The molecule has 0 amide bonds. The van der Waals surface area contributed by atoms with E-state index in [0.29, 0.717) is 5.41 Å². The summed E-state index contributed by atoms with van der Waals surface area (Å²) in [5.74, 6) is 0. The van der Waals surface area contributed by atoms with Gasteiger partial charge in [0.15, 0.2) is 0 Å². The lowest BCUT2D eigenvalue weighted by molar-refractivity contribution is 0.0383. The zero-order valence-electron chi connectivity index (χ0n) is 14.2. The molecule has 3 rings (SSSR count). The van der Waals surface area contributed by atoms with E-state index in [4.69, 9.17) is 0 Å². The van der Waals surface area contributed by atoms with Crippen LogP contribution in [-0.4, -0.2) is 61.2 Å². The van der Waals surface area contributed by atoms with E-state index in [2.05, 4.69) is 29.0 Å². The van der Waals surface area contributed by atoms with E-state index < -0.39 is 0 Å². The molecule has 2 saturated carbocycles. The third-order valence-electron chi connectivity index (χ3n) is 6.07. The van der Waals surface area contributed by atoms with Gasteiger partial charge in [-0.3, -0.25) is 9.80 Å². The van der Waals surface area contributed by atoms with Gasteiger partial charge in [0.25, 0.3) is 0 Å². The highest BCUT2D eigenvalue weighted by Crippen LogP contribution is 2.37. The molecule has 0 radical (unpaired) electrons. The summed E-state index contributed by atoms with van der Waals surface area (Å²) in [4.78, 5) is 5.41. The summed E-state index contributed by atoms with van der Waals surface area (Å²) in [6.07, 6.45) is 10.1. The minimum Gasteiger partial charge on any atom is -0.313 e. The van der Waals surface area contributed by atoms with Gasteiger partial charge >= 0.3 is 0 Å². The first-order valence-corrected chi connectivity index (χ1v) is 9.40. The van der Waals surface area contributed by atoms with E-state index in [0.717, 1.165) is 12.1 Å². The molecular formula is C18H35N3. The van der Waals surface area contributed by atoms with Crippen LogP contribution in [0.4, 0.5) is 0 Å². The summed E-state index contributed by atoms with van der Waals surface area (Å²) in [6.45, 7) is 12.4. The smallest absolute Gasteiger partial charge is 0.0195 e. The summed E-state index contributed by atoms with van der Waals surface area (Å²) in [6, 6.07) is 1.60. The predicted octanol–water partition coefficient (Wildman–Crippen LogP) is 2.71. The maximum Gasteiger partial charge on any atom is 0.0195 e. The molecule has 2 aliphatic carbocycles. The van der Waals surface area contributed by atoms with E-state index >= 15 is 0 Å². The summed E-state index contributed by atoms with van der Waals surface area (Å²) in [5.41, 5.74) is 0.578. The minimum atomic E-state index is 0.578. The van der Waals surface area contributed by atoms with Gasteiger partial charge in [-0.1, -0.05) is 26.2 Å². The highest BCUT2D eigenvalue weighted by Gasteiger charge is 2.36. The summed E-state index contributed by atoms with van der Waals surface area (Å²) >= 11 is 0. The van der Waals surface area contributed by atoms with Crippen molar-refractivity contribution in [1.82, 2.24) is 15.1 Å². The summed E-state index contributed by atoms with van der Waals surface area (Å²) < 4.78 is 0. The molecule has 122 valence electrons. The van der Waals surface area contributed by atoms with Gasteiger partial charge in [-0.2, -0.15) is 0 Å². The number of nitrogens with one attached hydrogen (secondary N) is 1. The molecule has 0 aromatic heterocycles. The third kappa shape index (κ3) is 4.20. The van der Waals surface area contributed by atoms with Gasteiger partial charge in [0.2, 0.25) is 0 Å². The van der Waals surface area contributed by atoms with Gasteiger partial charge < -0.3 is 5.32 Å². The van der Waals surface area contributed by atoms with E-state index in [1.165, 1.54) is 84.2 Å². The Labute approximate surface area is 131 Å². The molecule has 1 N–H and O–H groups in total. The Bertz CT molecular complexity index is 320. The lowest BCUT2D eigenvalue weighted by atomic mass is 9.73. The number of likely N-dealkylation sites (N-methyl/N-ethyl adjacent to an activating group) is 1. The molecule has 3 heteroatoms. The monoisotopic (exact) mass is 293 g/mol. The standard InChI is InChI=1S/C18H35N3/c1-3-21-12-11-20(13-16(21)2)15-18(9-5-4-6-10-18)14-19-17-7-8-17/h16-17,19H,3-15H2,1-2H3. The van der Waals surface area contributed by atoms with Crippen molar-refractivity contribution in [2.24, 2.45) is 5.41 Å². The van der Waals surface area contributed by atoms with Crippen molar-refractivity contribution in [3.05, 3.63) is 0 Å². The number of nitrogens with zero attached hydrogens (tertiary/aromatic N) is 2. The van der Waals surface area contributed by atoms with E-state index in [-0.39, 0.29) is 0 Å². The molecular weight excluding hydrogens is 258 g/mol. The van der Waals surface area contributed by atoms with Crippen molar-refractivity contribution in [2.75, 3.05) is 39.3 Å².